The number of nitrogens with one attached hydrogen (secondary N) is 1. The average Bonchev–Trinajstić information content (AvgIpc) is 2.58. The molecule has 104 valence electrons. The van der Waals surface area contributed by atoms with Crippen molar-refractivity contribution in [3.05, 3.63) is 11.9 Å². The van der Waals surface area contributed by atoms with Gasteiger partial charge >= 0.3 is 6.18 Å². The molecule has 4 nitrogen and oxygen atoms in total. The van der Waals surface area contributed by atoms with Crippen LogP contribution >= 0.6 is 0 Å². The summed E-state index contributed by atoms with van der Waals surface area (Å²) in [6, 6.07) is 0. The first-order valence-electron chi connectivity index (χ1n) is 5.76. The Balaban J connectivity index is 2.32. The smallest absolute Gasteiger partial charge is 0.348 e. The van der Waals surface area contributed by atoms with Gasteiger partial charge in [0.2, 0.25) is 5.95 Å². The standard InChI is InChI=1S/C11H19F3N4/c1-17(2)10-16-8-9(18(10)3)7-15-6-4-5-11(12,13)14/h8,15H,4-7H2,1-3H3. The molecule has 0 saturated carbocycles. The zero-order chi connectivity index (χ0) is 13.8. The maximum absolute atomic E-state index is 11.9. The zero-order valence-electron chi connectivity index (χ0n) is 10.9. The minimum atomic E-state index is -4.06. The fourth-order valence-electron chi connectivity index (χ4n) is 1.64. The predicted octanol–water partition coefficient (Wildman–Crippen LogP) is 1.92. The van der Waals surface area contributed by atoms with Crippen LogP contribution in [0.25, 0.3) is 0 Å². The molecular weight excluding hydrogens is 245 g/mol. The molecule has 1 rings (SSSR count). The minimum Gasteiger partial charge on any atom is -0.348 e. The summed E-state index contributed by atoms with van der Waals surface area (Å²) >= 11 is 0. The number of hydrogen-bond acceptors (Lipinski definition) is 3. The van der Waals surface area contributed by atoms with Crippen molar-refractivity contribution in [3.63, 3.8) is 0 Å². The summed E-state index contributed by atoms with van der Waals surface area (Å²) in [6.45, 7) is 0.872. The number of rotatable bonds is 6. The van der Waals surface area contributed by atoms with Crippen LogP contribution in [0.4, 0.5) is 19.1 Å². The summed E-state index contributed by atoms with van der Waals surface area (Å²) in [5.74, 6) is 0.821. The molecule has 0 aliphatic carbocycles. The summed E-state index contributed by atoms with van der Waals surface area (Å²) in [6.07, 6.45) is -2.98. The van der Waals surface area contributed by atoms with Crippen molar-refractivity contribution < 1.29 is 13.2 Å². The van der Waals surface area contributed by atoms with Crippen LogP contribution in [0.3, 0.4) is 0 Å². The molecule has 0 bridgehead atoms. The lowest BCUT2D eigenvalue weighted by molar-refractivity contribution is -0.135. The molecule has 0 aromatic carbocycles. The van der Waals surface area contributed by atoms with Crippen LogP contribution in [0.1, 0.15) is 18.5 Å². The lowest BCUT2D eigenvalue weighted by atomic mass is 10.3. The first-order chi connectivity index (χ1) is 8.31. The highest BCUT2D eigenvalue weighted by Gasteiger charge is 2.25. The van der Waals surface area contributed by atoms with Crippen molar-refractivity contribution >= 4 is 5.95 Å². The third-order valence-electron chi connectivity index (χ3n) is 2.58. The lowest BCUT2D eigenvalue weighted by Gasteiger charge is -2.13. The third kappa shape index (κ3) is 4.56. The van der Waals surface area contributed by atoms with E-state index in [2.05, 4.69) is 10.3 Å². The van der Waals surface area contributed by atoms with Gasteiger partial charge in [-0.2, -0.15) is 13.2 Å². The van der Waals surface area contributed by atoms with Gasteiger partial charge in [0, 0.05) is 34.1 Å². The van der Waals surface area contributed by atoms with Crippen molar-refractivity contribution in [2.45, 2.75) is 25.6 Å². The third-order valence-corrected chi connectivity index (χ3v) is 2.58. The number of imidazole rings is 1. The fourth-order valence-corrected chi connectivity index (χ4v) is 1.64. The molecule has 1 N–H and O–H groups in total. The molecule has 1 heterocycles. The second kappa shape index (κ2) is 6.08. The van der Waals surface area contributed by atoms with Crippen molar-refractivity contribution in [2.24, 2.45) is 7.05 Å². The zero-order valence-corrected chi connectivity index (χ0v) is 10.9. The van der Waals surface area contributed by atoms with Crippen LogP contribution in [0.5, 0.6) is 0 Å². The van der Waals surface area contributed by atoms with Crippen LogP contribution in [-0.2, 0) is 13.6 Å². The van der Waals surface area contributed by atoms with E-state index in [1.807, 2.05) is 30.6 Å². The largest absolute Gasteiger partial charge is 0.389 e. The summed E-state index contributed by atoms with van der Waals surface area (Å²) in [5, 5.41) is 2.99. The number of halogens is 3. The maximum Gasteiger partial charge on any atom is 0.389 e. The van der Waals surface area contributed by atoms with E-state index in [1.54, 1.807) is 6.20 Å². The van der Waals surface area contributed by atoms with Gasteiger partial charge in [-0.25, -0.2) is 4.98 Å². The van der Waals surface area contributed by atoms with E-state index < -0.39 is 12.6 Å². The second-order valence-corrected chi connectivity index (χ2v) is 4.40. The van der Waals surface area contributed by atoms with Crippen LogP contribution < -0.4 is 10.2 Å². The Kier molecular flexibility index (Phi) is 5.01. The van der Waals surface area contributed by atoms with Gasteiger partial charge in [-0.3, -0.25) is 0 Å². The molecule has 0 unspecified atom stereocenters. The highest BCUT2D eigenvalue weighted by molar-refractivity contribution is 5.30. The van der Waals surface area contributed by atoms with Gasteiger partial charge in [-0.05, 0) is 13.0 Å². The first-order valence-corrected chi connectivity index (χ1v) is 5.76. The molecule has 0 amide bonds. The summed E-state index contributed by atoms with van der Waals surface area (Å²) in [7, 11) is 5.67. The van der Waals surface area contributed by atoms with Gasteiger partial charge in [-0.15, -0.1) is 0 Å². The number of nitrogens with zero attached hydrogens (tertiary/aromatic N) is 3. The topological polar surface area (TPSA) is 33.1 Å². The van der Waals surface area contributed by atoms with Gasteiger partial charge < -0.3 is 14.8 Å². The SMILES string of the molecule is CN(C)c1ncc(CNCCCC(F)(F)F)n1C. The highest BCUT2D eigenvalue weighted by Crippen LogP contribution is 2.20. The number of anilines is 1. The van der Waals surface area contributed by atoms with Crippen LogP contribution in [0, 0.1) is 0 Å². The Morgan fingerprint density at radius 3 is 2.56 bits per heavy atom. The van der Waals surface area contributed by atoms with Crippen molar-refractivity contribution in [2.75, 3.05) is 25.5 Å². The monoisotopic (exact) mass is 264 g/mol. The average molecular weight is 264 g/mol. The number of hydrogen-bond donors (Lipinski definition) is 1. The normalized spacial score (nSPS) is 11.9. The van der Waals surface area contributed by atoms with E-state index in [0.29, 0.717) is 13.1 Å². The molecule has 0 aliphatic rings. The predicted molar refractivity (Wildman–Crippen MR) is 64.5 cm³/mol. The molecule has 1 aromatic rings. The Labute approximate surface area is 105 Å². The van der Waals surface area contributed by atoms with E-state index in [9.17, 15) is 13.2 Å². The van der Waals surface area contributed by atoms with E-state index in [1.165, 1.54) is 0 Å². The van der Waals surface area contributed by atoms with Crippen molar-refractivity contribution in [1.82, 2.24) is 14.9 Å². The Morgan fingerprint density at radius 1 is 1.39 bits per heavy atom. The molecule has 1 aromatic heterocycles. The van der Waals surface area contributed by atoms with E-state index >= 15 is 0 Å². The van der Waals surface area contributed by atoms with Gasteiger partial charge in [0.15, 0.2) is 0 Å². The van der Waals surface area contributed by atoms with Crippen molar-refractivity contribution in [3.8, 4) is 0 Å². The molecule has 0 radical (unpaired) electrons. The molecule has 0 spiro atoms. The first kappa shape index (κ1) is 14.8. The summed E-state index contributed by atoms with van der Waals surface area (Å²) in [4.78, 5) is 6.10. The Bertz CT molecular complexity index is 371. The molecule has 18 heavy (non-hydrogen) atoms. The Hall–Kier alpha value is -1.24. The summed E-state index contributed by atoms with van der Waals surface area (Å²) < 4.78 is 37.7. The molecule has 0 aliphatic heterocycles. The molecule has 7 heteroatoms. The highest BCUT2D eigenvalue weighted by atomic mass is 19.4. The Morgan fingerprint density at radius 2 is 2.06 bits per heavy atom. The van der Waals surface area contributed by atoms with E-state index in [4.69, 9.17) is 0 Å². The van der Waals surface area contributed by atoms with Gasteiger partial charge in [-0.1, -0.05) is 0 Å². The molecule has 0 fully saturated rings. The van der Waals surface area contributed by atoms with E-state index in [0.717, 1.165) is 11.6 Å². The number of alkyl halides is 3. The fraction of sp³-hybridized carbons (Fsp3) is 0.727. The van der Waals surface area contributed by atoms with E-state index in [-0.39, 0.29) is 6.42 Å². The quantitative estimate of drug-likeness (QED) is 0.797. The van der Waals surface area contributed by atoms with Crippen LogP contribution in [0.15, 0.2) is 6.20 Å². The molecular formula is C11H19F3N4. The molecule has 0 atom stereocenters. The van der Waals surface area contributed by atoms with Gasteiger partial charge in [0.05, 0.1) is 11.9 Å². The number of aromatic nitrogens is 2. The van der Waals surface area contributed by atoms with Gasteiger partial charge in [0.25, 0.3) is 0 Å². The maximum atomic E-state index is 11.9. The van der Waals surface area contributed by atoms with Crippen LogP contribution in [-0.4, -0.2) is 36.4 Å². The second-order valence-electron chi connectivity index (χ2n) is 4.40. The summed E-state index contributed by atoms with van der Waals surface area (Å²) in [5.41, 5.74) is 0.950. The minimum absolute atomic E-state index is 0.0991. The van der Waals surface area contributed by atoms with Crippen LogP contribution in [0.2, 0.25) is 0 Å². The molecule has 0 saturated heterocycles. The van der Waals surface area contributed by atoms with Gasteiger partial charge in [0.1, 0.15) is 0 Å². The van der Waals surface area contributed by atoms with Crippen molar-refractivity contribution in [1.29, 1.82) is 0 Å². The lowest BCUT2D eigenvalue weighted by Crippen LogP contribution is -2.20.